The molecule has 0 radical (unpaired) electrons. The zero-order valence-electron chi connectivity index (χ0n) is 13.1. The zero-order valence-corrected chi connectivity index (χ0v) is 13.1. The van der Waals surface area contributed by atoms with Crippen molar-refractivity contribution < 1.29 is 0 Å². The summed E-state index contributed by atoms with van der Waals surface area (Å²) in [6.07, 6.45) is 2.16. The zero-order chi connectivity index (χ0) is 14.3. The van der Waals surface area contributed by atoms with E-state index in [1.807, 2.05) is 0 Å². The van der Waals surface area contributed by atoms with Crippen LogP contribution in [0.4, 0.5) is 0 Å². The predicted octanol–water partition coefficient (Wildman–Crippen LogP) is 3.10. The Balaban J connectivity index is 2.72. The molecule has 0 aliphatic rings. The highest BCUT2D eigenvalue weighted by molar-refractivity contribution is 5.23. The minimum absolute atomic E-state index is 0.166. The molecule has 1 atom stereocenters. The van der Waals surface area contributed by atoms with E-state index in [9.17, 15) is 0 Å². The van der Waals surface area contributed by atoms with E-state index in [1.165, 1.54) is 11.1 Å². The molecular formula is C17H30N2. The minimum Gasteiger partial charge on any atom is -0.330 e. The molecule has 0 aromatic heterocycles. The molecule has 0 bridgehead atoms. The number of hydrogen-bond acceptors (Lipinski definition) is 2. The van der Waals surface area contributed by atoms with Crippen molar-refractivity contribution in [3.05, 3.63) is 35.4 Å². The third-order valence-electron chi connectivity index (χ3n) is 4.05. The van der Waals surface area contributed by atoms with Gasteiger partial charge < -0.3 is 10.6 Å². The Morgan fingerprint density at radius 2 is 1.53 bits per heavy atom. The average Bonchev–Trinajstić information content (AvgIpc) is 2.45. The van der Waals surface area contributed by atoms with Crippen LogP contribution in [0.5, 0.6) is 0 Å². The van der Waals surface area contributed by atoms with Crippen molar-refractivity contribution in [3.8, 4) is 0 Å². The summed E-state index contributed by atoms with van der Waals surface area (Å²) in [6, 6.07) is 9.00. The largest absolute Gasteiger partial charge is 0.330 e. The Morgan fingerprint density at radius 3 is 1.95 bits per heavy atom. The molecule has 1 aromatic rings. The van der Waals surface area contributed by atoms with Gasteiger partial charge in [0.25, 0.3) is 0 Å². The van der Waals surface area contributed by atoms with Crippen molar-refractivity contribution in [3.63, 3.8) is 0 Å². The molecule has 0 fully saturated rings. The van der Waals surface area contributed by atoms with Gasteiger partial charge in [0.05, 0.1) is 0 Å². The quantitative estimate of drug-likeness (QED) is 0.780. The summed E-state index contributed by atoms with van der Waals surface area (Å²) in [5.74, 6) is 0. The van der Waals surface area contributed by atoms with Crippen LogP contribution in [-0.2, 0) is 12.8 Å². The van der Waals surface area contributed by atoms with E-state index >= 15 is 0 Å². The highest BCUT2D eigenvalue weighted by atomic mass is 15.1. The fourth-order valence-electron chi connectivity index (χ4n) is 2.57. The topological polar surface area (TPSA) is 29.3 Å². The molecule has 0 saturated carbocycles. The smallest absolute Gasteiger partial charge is 0.00504 e. The van der Waals surface area contributed by atoms with Gasteiger partial charge in [-0.3, -0.25) is 0 Å². The molecule has 1 rings (SSSR count). The molecule has 0 aliphatic carbocycles. The van der Waals surface area contributed by atoms with Crippen LogP contribution in [0.25, 0.3) is 0 Å². The maximum atomic E-state index is 6.04. The van der Waals surface area contributed by atoms with E-state index in [0.717, 1.165) is 39.0 Å². The molecule has 2 N–H and O–H groups in total. The Hall–Kier alpha value is -0.860. The Labute approximate surface area is 119 Å². The second-order valence-corrected chi connectivity index (χ2v) is 5.82. The van der Waals surface area contributed by atoms with Gasteiger partial charge in [0.2, 0.25) is 0 Å². The van der Waals surface area contributed by atoms with Gasteiger partial charge in [0.15, 0.2) is 0 Å². The van der Waals surface area contributed by atoms with E-state index < -0.39 is 0 Å². The lowest BCUT2D eigenvalue weighted by atomic mass is 9.83. The fourth-order valence-corrected chi connectivity index (χ4v) is 2.57. The predicted molar refractivity (Wildman–Crippen MR) is 84.5 cm³/mol. The first kappa shape index (κ1) is 16.2. The Morgan fingerprint density at radius 1 is 1.00 bits per heavy atom. The average molecular weight is 262 g/mol. The summed E-state index contributed by atoms with van der Waals surface area (Å²) in [4.78, 5) is 2.47. The van der Waals surface area contributed by atoms with Gasteiger partial charge >= 0.3 is 0 Å². The maximum absolute atomic E-state index is 6.04. The van der Waals surface area contributed by atoms with E-state index in [4.69, 9.17) is 5.73 Å². The van der Waals surface area contributed by atoms with Crippen molar-refractivity contribution in [1.82, 2.24) is 4.90 Å². The van der Waals surface area contributed by atoms with Gasteiger partial charge in [-0.25, -0.2) is 0 Å². The molecule has 0 amide bonds. The van der Waals surface area contributed by atoms with Crippen molar-refractivity contribution in [1.29, 1.82) is 0 Å². The fraction of sp³-hybridized carbons (Fsp3) is 0.647. The van der Waals surface area contributed by atoms with Crippen molar-refractivity contribution >= 4 is 0 Å². The highest BCUT2D eigenvalue weighted by Crippen LogP contribution is 2.23. The summed E-state index contributed by atoms with van der Waals surface area (Å²) >= 11 is 0. The van der Waals surface area contributed by atoms with Crippen LogP contribution in [0.2, 0.25) is 0 Å². The molecule has 0 heterocycles. The lowest BCUT2D eigenvalue weighted by Gasteiger charge is -2.34. The van der Waals surface area contributed by atoms with Gasteiger partial charge in [-0.1, -0.05) is 52.0 Å². The van der Waals surface area contributed by atoms with Crippen LogP contribution in [-0.4, -0.2) is 31.1 Å². The van der Waals surface area contributed by atoms with Crippen molar-refractivity contribution in [2.24, 2.45) is 11.1 Å². The van der Waals surface area contributed by atoms with Crippen LogP contribution in [0.1, 0.15) is 38.8 Å². The van der Waals surface area contributed by atoms with Crippen LogP contribution in [0, 0.1) is 5.41 Å². The van der Waals surface area contributed by atoms with E-state index in [-0.39, 0.29) is 5.41 Å². The number of nitrogens with zero attached hydrogens (tertiary/aromatic N) is 1. The molecule has 1 aromatic carbocycles. The second-order valence-electron chi connectivity index (χ2n) is 5.82. The third kappa shape index (κ3) is 4.96. The lowest BCUT2D eigenvalue weighted by molar-refractivity contribution is 0.181. The number of aryl methyl sites for hydroxylation is 1. The maximum Gasteiger partial charge on any atom is 0.00504 e. The molecule has 0 spiro atoms. The number of rotatable bonds is 8. The summed E-state index contributed by atoms with van der Waals surface area (Å²) < 4.78 is 0. The molecular weight excluding hydrogens is 232 g/mol. The minimum atomic E-state index is 0.166. The number of nitrogens with two attached hydrogens (primary N) is 1. The van der Waals surface area contributed by atoms with Crippen molar-refractivity contribution in [2.75, 3.05) is 26.2 Å². The third-order valence-corrected chi connectivity index (χ3v) is 4.05. The van der Waals surface area contributed by atoms with Gasteiger partial charge in [-0.05, 0) is 49.0 Å². The van der Waals surface area contributed by atoms with Crippen LogP contribution in [0.15, 0.2) is 24.3 Å². The summed E-state index contributed by atoms with van der Waals surface area (Å²) in [5, 5.41) is 0. The van der Waals surface area contributed by atoms with E-state index in [0.29, 0.717) is 0 Å². The van der Waals surface area contributed by atoms with E-state index in [2.05, 4.69) is 56.9 Å². The molecule has 1 unspecified atom stereocenters. The molecule has 108 valence electrons. The summed E-state index contributed by atoms with van der Waals surface area (Å²) in [7, 11) is 0. The molecule has 2 heteroatoms. The monoisotopic (exact) mass is 262 g/mol. The summed E-state index contributed by atoms with van der Waals surface area (Å²) in [6.45, 7) is 12.9. The van der Waals surface area contributed by atoms with Gasteiger partial charge in [-0.2, -0.15) is 0 Å². The Kier molecular flexibility index (Phi) is 6.53. The second kappa shape index (κ2) is 7.66. The number of benzene rings is 1. The molecule has 0 saturated heterocycles. The SMILES string of the molecule is CCc1ccc(CC(C)(CN)CN(CC)CC)cc1. The van der Waals surface area contributed by atoms with E-state index in [1.54, 1.807) is 0 Å². The molecule has 0 aliphatic heterocycles. The standard InChI is InChI=1S/C17H30N2/c1-5-15-8-10-16(11-9-15)12-17(4,13-18)14-19(6-2)7-3/h8-11H,5-7,12-14,18H2,1-4H3. The molecule has 19 heavy (non-hydrogen) atoms. The van der Waals surface area contributed by atoms with Gasteiger partial charge in [0.1, 0.15) is 0 Å². The summed E-state index contributed by atoms with van der Waals surface area (Å²) in [5.41, 5.74) is 9.01. The molecule has 2 nitrogen and oxygen atoms in total. The van der Waals surface area contributed by atoms with Gasteiger partial charge in [0, 0.05) is 6.54 Å². The highest BCUT2D eigenvalue weighted by Gasteiger charge is 2.25. The number of hydrogen-bond donors (Lipinski definition) is 1. The van der Waals surface area contributed by atoms with Crippen molar-refractivity contribution in [2.45, 2.75) is 40.5 Å². The van der Waals surface area contributed by atoms with Crippen LogP contribution >= 0.6 is 0 Å². The van der Waals surface area contributed by atoms with Crippen LogP contribution < -0.4 is 5.73 Å². The lowest BCUT2D eigenvalue weighted by Crippen LogP contribution is -2.42. The normalized spacial score (nSPS) is 14.6. The Bertz CT molecular complexity index is 354. The van der Waals surface area contributed by atoms with Crippen LogP contribution in [0.3, 0.4) is 0 Å². The first-order valence-corrected chi connectivity index (χ1v) is 7.57. The first-order valence-electron chi connectivity index (χ1n) is 7.57. The van der Waals surface area contributed by atoms with Gasteiger partial charge in [-0.15, -0.1) is 0 Å². The first-order chi connectivity index (χ1) is 9.06.